The van der Waals surface area contributed by atoms with Gasteiger partial charge in [-0.05, 0) is 43.9 Å². The number of rotatable bonds is 6. The molecule has 0 spiro atoms. The van der Waals surface area contributed by atoms with Crippen molar-refractivity contribution in [3.8, 4) is 11.3 Å². The van der Waals surface area contributed by atoms with E-state index in [1.807, 2.05) is 34.6 Å². The minimum Gasteiger partial charge on any atom is -0.382 e. The maximum Gasteiger partial charge on any atom is 0.257 e. The number of amides is 2. The quantitative estimate of drug-likeness (QED) is 0.376. The predicted molar refractivity (Wildman–Crippen MR) is 141 cm³/mol. The summed E-state index contributed by atoms with van der Waals surface area (Å²) in [4.78, 5) is 41.7. The van der Waals surface area contributed by atoms with Crippen LogP contribution in [0.4, 0.5) is 10.9 Å². The number of nitrogens with two attached hydrogens (primary N) is 1. The molecule has 2 amide bonds. The Bertz CT molecular complexity index is 1440. The Morgan fingerprint density at radius 1 is 1.25 bits per heavy atom. The molecule has 4 aromatic rings. The van der Waals surface area contributed by atoms with E-state index in [0.717, 1.165) is 41.9 Å². The summed E-state index contributed by atoms with van der Waals surface area (Å²) in [6, 6.07) is 7.01. The molecule has 0 bridgehead atoms. The molecule has 1 atom stereocenters. The van der Waals surface area contributed by atoms with Crippen LogP contribution in [0, 0.1) is 0 Å². The first-order valence-electron chi connectivity index (χ1n) is 11.9. The van der Waals surface area contributed by atoms with Gasteiger partial charge < -0.3 is 10.6 Å². The Hall–Kier alpha value is -4.05. The topological polar surface area (TPSA) is 119 Å². The van der Waals surface area contributed by atoms with E-state index < -0.39 is 0 Å². The Kier molecular flexibility index (Phi) is 6.51. The zero-order valence-electron chi connectivity index (χ0n) is 20.0. The lowest BCUT2D eigenvalue weighted by Gasteiger charge is -2.34. The fraction of sp³-hybridized carbons (Fsp3) is 0.269. The Morgan fingerprint density at radius 2 is 2.06 bits per heavy atom. The lowest BCUT2D eigenvalue weighted by Crippen LogP contribution is -2.38. The van der Waals surface area contributed by atoms with Crippen molar-refractivity contribution >= 4 is 39.6 Å². The van der Waals surface area contributed by atoms with Crippen molar-refractivity contribution in [3.63, 3.8) is 0 Å². The maximum absolute atomic E-state index is 12.7. The summed E-state index contributed by atoms with van der Waals surface area (Å²) in [7, 11) is 0. The lowest BCUT2D eigenvalue weighted by atomic mass is 10.0. The molecule has 0 radical (unpaired) electrons. The molecular weight excluding hydrogens is 474 g/mol. The number of anilines is 2. The van der Waals surface area contributed by atoms with Crippen LogP contribution in [-0.4, -0.2) is 42.6 Å². The molecule has 1 aliphatic heterocycles. The van der Waals surface area contributed by atoms with E-state index in [2.05, 4.69) is 21.9 Å². The van der Waals surface area contributed by atoms with Crippen molar-refractivity contribution in [2.75, 3.05) is 17.6 Å². The molecule has 9 nitrogen and oxygen atoms in total. The van der Waals surface area contributed by atoms with Gasteiger partial charge in [-0.1, -0.05) is 25.6 Å². The highest BCUT2D eigenvalue weighted by Crippen LogP contribution is 2.36. The second-order valence-corrected chi connectivity index (χ2v) is 9.73. The van der Waals surface area contributed by atoms with Crippen LogP contribution in [0.5, 0.6) is 0 Å². The zero-order chi connectivity index (χ0) is 25.2. The normalized spacial score (nSPS) is 15.7. The van der Waals surface area contributed by atoms with Crippen molar-refractivity contribution in [1.82, 2.24) is 24.3 Å². The summed E-state index contributed by atoms with van der Waals surface area (Å²) in [5.74, 6) is 0.750. The SMILES string of the molecule is C=CC(=O)N1CCCC[C@H]1c1nc(-c2ccc(C(=O)Nc3ncc(CC)s3)cc2)c2c(N)nccn12. The Balaban J connectivity index is 1.49. The number of aryl methyl sites for hydroxylation is 1. The highest BCUT2D eigenvalue weighted by Gasteiger charge is 2.31. The number of imidazole rings is 1. The van der Waals surface area contributed by atoms with Gasteiger partial charge in [-0.3, -0.25) is 19.3 Å². The van der Waals surface area contributed by atoms with Gasteiger partial charge in [-0.25, -0.2) is 15.0 Å². The summed E-state index contributed by atoms with van der Waals surface area (Å²) in [5.41, 5.74) is 8.94. The van der Waals surface area contributed by atoms with Gasteiger partial charge in [-0.2, -0.15) is 0 Å². The van der Waals surface area contributed by atoms with E-state index in [0.29, 0.717) is 34.3 Å². The number of nitrogens with one attached hydrogen (secondary N) is 1. The summed E-state index contributed by atoms with van der Waals surface area (Å²) in [6.07, 6.45) is 10.2. The minimum atomic E-state index is -0.226. The molecule has 3 N–H and O–H groups in total. The summed E-state index contributed by atoms with van der Waals surface area (Å²) < 4.78 is 1.92. The number of carbonyl (C=O) groups is 2. The van der Waals surface area contributed by atoms with E-state index in [1.165, 1.54) is 17.4 Å². The van der Waals surface area contributed by atoms with E-state index >= 15 is 0 Å². The first-order chi connectivity index (χ1) is 17.5. The number of thiazole rings is 1. The van der Waals surface area contributed by atoms with Gasteiger partial charge in [-0.15, -0.1) is 11.3 Å². The summed E-state index contributed by atoms with van der Waals surface area (Å²) >= 11 is 1.47. The molecular formula is C26H27N7O2S. The molecule has 10 heteroatoms. The molecule has 1 fully saturated rings. The van der Waals surface area contributed by atoms with E-state index in [-0.39, 0.29) is 17.9 Å². The average molecular weight is 502 g/mol. The van der Waals surface area contributed by atoms with Gasteiger partial charge in [0.1, 0.15) is 22.9 Å². The summed E-state index contributed by atoms with van der Waals surface area (Å²) in [5, 5.41) is 3.43. The highest BCUT2D eigenvalue weighted by molar-refractivity contribution is 7.15. The van der Waals surface area contributed by atoms with Gasteiger partial charge in [0.25, 0.3) is 5.91 Å². The average Bonchev–Trinajstić information content (AvgIpc) is 3.53. The number of hydrogen-bond acceptors (Lipinski definition) is 7. The number of carbonyl (C=O) groups excluding carboxylic acids is 2. The fourth-order valence-electron chi connectivity index (χ4n) is 4.58. The van der Waals surface area contributed by atoms with Gasteiger partial charge in [0.05, 0.1) is 6.04 Å². The number of nitrogens with zero attached hydrogens (tertiary/aromatic N) is 5. The van der Waals surface area contributed by atoms with Crippen LogP contribution in [0.1, 0.15) is 53.3 Å². The first-order valence-corrected chi connectivity index (χ1v) is 12.7. The molecule has 0 unspecified atom stereocenters. The molecule has 184 valence electrons. The Labute approximate surface area is 212 Å². The maximum atomic E-state index is 12.7. The highest BCUT2D eigenvalue weighted by atomic mass is 32.1. The van der Waals surface area contributed by atoms with Crippen LogP contribution in [0.3, 0.4) is 0 Å². The molecule has 0 aliphatic carbocycles. The van der Waals surface area contributed by atoms with Crippen LogP contribution in [0.25, 0.3) is 16.8 Å². The number of likely N-dealkylation sites (tertiary alicyclic amines) is 1. The van der Waals surface area contributed by atoms with Crippen LogP contribution in [-0.2, 0) is 11.2 Å². The Morgan fingerprint density at radius 3 is 2.78 bits per heavy atom. The number of aromatic nitrogens is 4. The fourth-order valence-corrected chi connectivity index (χ4v) is 5.33. The first kappa shape index (κ1) is 23.7. The lowest BCUT2D eigenvalue weighted by molar-refractivity contribution is -0.129. The van der Waals surface area contributed by atoms with Crippen LogP contribution < -0.4 is 11.1 Å². The monoisotopic (exact) mass is 501 g/mol. The number of hydrogen-bond donors (Lipinski definition) is 2. The molecule has 5 rings (SSSR count). The molecule has 4 heterocycles. The molecule has 1 saturated heterocycles. The van der Waals surface area contributed by atoms with Gasteiger partial charge >= 0.3 is 0 Å². The standard InChI is InChI=1S/C26H27N7O2S/c1-3-18-15-29-26(36-18)31-25(35)17-10-8-16(9-11-17)21-22-23(27)28-12-14-33(22)24(30-21)19-7-5-6-13-32(19)20(34)4-2/h4,8-12,14-15,19H,2-3,5-7,13H2,1H3,(H2,27,28)(H,29,31,35)/t19-/m0/s1. The van der Waals surface area contributed by atoms with Crippen molar-refractivity contribution in [1.29, 1.82) is 0 Å². The number of benzene rings is 1. The zero-order valence-corrected chi connectivity index (χ0v) is 20.8. The second-order valence-electron chi connectivity index (χ2n) is 8.61. The molecule has 36 heavy (non-hydrogen) atoms. The number of nitrogen functional groups attached to an aromatic ring is 1. The van der Waals surface area contributed by atoms with Crippen molar-refractivity contribution in [3.05, 3.63) is 71.8 Å². The third-order valence-electron chi connectivity index (χ3n) is 6.41. The number of piperidine rings is 1. The van der Waals surface area contributed by atoms with Gasteiger partial charge in [0.2, 0.25) is 5.91 Å². The predicted octanol–water partition coefficient (Wildman–Crippen LogP) is 4.49. The van der Waals surface area contributed by atoms with E-state index in [4.69, 9.17) is 10.7 Å². The third kappa shape index (κ3) is 4.35. The van der Waals surface area contributed by atoms with E-state index in [9.17, 15) is 9.59 Å². The van der Waals surface area contributed by atoms with Crippen molar-refractivity contribution in [2.45, 2.75) is 38.6 Å². The third-order valence-corrected chi connectivity index (χ3v) is 7.47. The van der Waals surface area contributed by atoms with Gasteiger partial charge in [0.15, 0.2) is 5.13 Å². The van der Waals surface area contributed by atoms with Crippen LogP contribution in [0.2, 0.25) is 0 Å². The molecule has 1 aliphatic rings. The molecule has 1 aromatic carbocycles. The smallest absolute Gasteiger partial charge is 0.257 e. The number of fused-ring (bicyclic) bond motifs is 1. The van der Waals surface area contributed by atoms with E-state index in [1.54, 1.807) is 24.5 Å². The van der Waals surface area contributed by atoms with Crippen molar-refractivity contribution in [2.24, 2.45) is 0 Å². The van der Waals surface area contributed by atoms with Crippen LogP contribution >= 0.6 is 11.3 Å². The van der Waals surface area contributed by atoms with Gasteiger partial charge in [0, 0.05) is 41.1 Å². The second kappa shape index (κ2) is 9.90. The molecule has 3 aromatic heterocycles. The summed E-state index contributed by atoms with van der Waals surface area (Å²) in [6.45, 7) is 6.37. The van der Waals surface area contributed by atoms with Crippen LogP contribution in [0.15, 0.2) is 55.5 Å². The minimum absolute atomic E-state index is 0.110. The largest absolute Gasteiger partial charge is 0.382 e. The molecule has 0 saturated carbocycles. The van der Waals surface area contributed by atoms with Crippen molar-refractivity contribution < 1.29 is 9.59 Å².